The minimum absolute atomic E-state index is 0.266. The van der Waals surface area contributed by atoms with E-state index in [4.69, 9.17) is 16.5 Å². The van der Waals surface area contributed by atoms with Crippen LogP contribution < -0.4 is 5.40 Å². The highest BCUT2D eigenvalue weighted by molar-refractivity contribution is 6.76. The molecule has 0 atom stereocenters. The maximum Gasteiger partial charge on any atom is 0.131 e. The van der Waals surface area contributed by atoms with Crippen LogP contribution in [-0.4, -0.2) is 20.6 Å². The zero-order valence-corrected chi connectivity index (χ0v) is 7.17. The van der Waals surface area contributed by atoms with Gasteiger partial charge in [-0.25, -0.2) is 0 Å². The molecule has 0 aromatic carbocycles. The fourth-order valence-corrected chi connectivity index (χ4v) is 1.31. The van der Waals surface area contributed by atoms with E-state index in [0.29, 0.717) is 0 Å². The Balaban J connectivity index is 3.98. The van der Waals surface area contributed by atoms with Crippen molar-refractivity contribution in [2.45, 2.75) is 6.55 Å². The monoisotopic (exact) mass is 171 g/mol. The molecule has 0 aliphatic heterocycles. The molecule has 0 fully saturated rings. The normalized spacial score (nSPS) is 14.0. The second-order valence-corrected chi connectivity index (χ2v) is 6.37. The molecular weight excluding hydrogens is 162 g/mol. The molecule has 0 heterocycles. The van der Waals surface area contributed by atoms with E-state index in [1.165, 1.54) is 0 Å². The minimum Gasteiger partial charge on any atom is -0.351 e. The van der Waals surface area contributed by atoms with Crippen molar-refractivity contribution in [3.05, 3.63) is 20.9 Å². The van der Waals surface area contributed by atoms with Gasteiger partial charge in [0.05, 0.1) is 0 Å². The summed E-state index contributed by atoms with van der Waals surface area (Å²) in [4.78, 5) is 5.15. The third-order valence-corrected chi connectivity index (χ3v) is 2.72. The average molecular weight is 171 g/mol. The first-order chi connectivity index (χ1) is 5.12. The molecule has 0 aliphatic rings. The Bertz CT molecular complexity index is 188. The third kappa shape index (κ3) is 5.25. The smallest absolute Gasteiger partial charge is 0.131 e. The van der Waals surface area contributed by atoms with Gasteiger partial charge in [0.2, 0.25) is 0 Å². The summed E-state index contributed by atoms with van der Waals surface area (Å²) in [6, 6.07) is 0. The summed E-state index contributed by atoms with van der Waals surface area (Å²) in [5.41, 5.74) is 16.0. The molecular formula is C3H9N7Si. The van der Waals surface area contributed by atoms with Crippen molar-refractivity contribution in [1.29, 1.82) is 0 Å². The first-order valence-corrected chi connectivity index (χ1v) is 5.92. The van der Waals surface area contributed by atoms with E-state index in [9.17, 15) is 0 Å². The van der Waals surface area contributed by atoms with Crippen molar-refractivity contribution >= 4 is 8.24 Å². The largest absolute Gasteiger partial charge is 0.351 e. The van der Waals surface area contributed by atoms with Gasteiger partial charge in [0.25, 0.3) is 0 Å². The van der Waals surface area contributed by atoms with E-state index >= 15 is 0 Å². The van der Waals surface area contributed by atoms with E-state index in [2.05, 4.69) is 20.1 Å². The summed E-state index contributed by atoms with van der Waals surface area (Å²) < 4.78 is 0. The summed E-state index contributed by atoms with van der Waals surface area (Å²) in [5, 5.41) is 12.4. The first kappa shape index (κ1) is 9.80. The zero-order chi connectivity index (χ0) is 8.74. The van der Waals surface area contributed by atoms with Crippen molar-refractivity contribution in [2.24, 2.45) is 15.6 Å². The molecule has 0 amide bonds. The fourth-order valence-electron chi connectivity index (χ4n) is 0.436. The van der Waals surface area contributed by atoms with Crippen LogP contribution in [0.25, 0.3) is 20.9 Å². The molecule has 0 bridgehead atoms. The SMILES string of the molecule is C[Si](N)(CN=[N+]=[N-])CN=[N+]=[N-]. The second kappa shape index (κ2) is 4.59. The number of nitrogens with zero attached hydrogens (tertiary/aromatic N) is 6. The summed E-state index contributed by atoms with van der Waals surface area (Å²) in [6.45, 7) is 1.79. The highest BCUT2D eigenvalue weighted by Gasteiger charge is 2.19. The molecule has 0 rings (SSSR count). The lowest BCUT2D eigenvalue weighted by atomic mass is 11.4. The molecule has 0 spiro atoms. The van der Waals surface area contributed by atoms with Gasteiger partial charge >= 0.3 is 0 Å². The minimum atomic E-state index is -2.09. The van der Waals surface area contributed by atoms with E-state index in [-0.39, 0.29) is 12.3 Å². The molecule has 0 aromatic rings. The summed E-state index contributed by atoms with van der Waals surface area (Å²) in [7, 11) is -2.09. The van der Waals surface area contributed by atoms with Gasteiger partial charge in [-0.15, -0.1) is 0 Å². The van der Waals surface area contributed by atoms with Crippen LogP contribution in [0.1, 0.15) is 0 Å². The van der Waals surface area contributed by atoms with Gasteiger partial charge < -0.3 is 5.40 Å². The summed E-state index contributed by atoms with van der Waals surface area (Å²) >= 11 is 0. The Hall–Kier alpha value is -1.20. The van der Waals surface area contributed by atoms with E-state index in [1.807, 2.05) is 0 Å². The molecule has 0 aromatic heterocycles. The van der Waals surface area contributed by atoms with E-state index < -0.39 is 8.24 Å². The van der Waals surface area contributed by atoms with E-state index in [1.54, 1.807) is 6.55 Å². The van der Waals surface area contributed by atoms with Crippen LogP contribution in [0.3, 0.4) is 0 Å². The Labute approximate surface area is 64.5 Å². The first-order valence-electron chi connectivity index (χ1n) is 2.93. The lowest BCUT2D eigenvalue weighted by molar-refractivity contribution is 1.14. The highest BCUT2D eigenvalue weighted by Crippen LogP contribution is 1.95. The van der Waals surface area contributed by atoms with Crippen molar-refractivity contribution in [2.75, 3.05) is 12.3 Å². The van der Waals surface area contributed by atoms with Gasteiger partial charge in [0.1, 0.15) is 8.24 Å². The molecule has 7 nitrogen and oxygen atoms in total. The molecule has 0 saturated heterocycles. The molecule has 11 heavy (non-hydrogen) atoms. The Kier molecular flexibility index (Phi) is 4.09. The molecule has 0 radical (unpaired) electrons. The van der Waals surface area contributed by atoms with Crippen molar-refractivity contribution in [3.8, 4) is 0 Å². The lowest BCUT2D eigenvalue weighted by Gasteiger charge is -2.14. The van der Waals surface area contributed by atoms with Crippen LogP contribution in [0.5, 0.6) is 0 Å². The highest BCUT2D eigenvalue weighted by atomic mass is 28.3. The summed E-state index contributed by atoms with van der Waals surface area (Å²) in [5.74, 6) is 0. The molecule has 60 valence electrons. The van der Waals surface area contributed by atoms with Gasteiger partial charge in [0, 0.05) is 22.2 Å². The van der Waals surface area contributed by atoms with Crippen molar-refractivity contribution in [1.82, 2.24) is 0 Å². The van der Waals surface area contributed by atoms with Crippen LogP contribution in [0, 0.1) is 0 Å². The summed E-state index contributed by atoms with van der Waals surface area (Å²) in [6.07, 6.45) is 0.533. The topological polar surface area (TPSA) is 124 Å². The predicted octanol–water partition coefficient (Wildman–Crippen LogP) is 1.22. The Morgan fingerprint density at radius 3 is 1.91 bits per heavy atom. The average Bonchev–Trinajstić information content (AvgIpc) is 1.97. The number of azide groups is 2. The molecule has 0 unspecified atom stereocenters. The van der Waals surface area contributed by atoms with Crippen LogP contribution in [0.15, 0.2) is 10.2 Å². The predicted molar refractivity (Wildman–Crippen MR) is 43.8 cm³/mol. The Morgan fingerprint density at radius 1 is 1.27 bits per heavy atom. The van der Waals surface area contributed by atoms with E-state index in [0.717, 1.165) is 0 Å². The van der Waals surface area contributed by atoms with Crippen LogP contribution in [0.4, 0.5) is 0 Å². The number of rotatable bonds is 4. The lowest BCUT2D eigenvalue weighted by Crippen LogP contribution is -2.49. The molecule has 0 saturated carbocycles. The maximum absolute atomic E-state index is 7.98. The van der Waals surface area contributed by atoms with Gasteiger partial charge in [-0.1, -0.05) is 16.8 Å². The van der Waals surface area contributed by atoms with Gasteiger partial charge in [-0.2, -0.15) is 0 Å². The quantitative estimate of drug-likeness (QED) is 0.290. The molecule has 0 aliphatic carbocycles. The molecule has 8 heteroatoms. The number of hydrogen-bond acceptors (Lipinski definition) is 3. The van der Waals surface area contributed by atoms with Crippen LogP contribution in [0.2, 0.25) is 6.55 Å². The maximum atomic E-state index is 7.98. The van der Waals surface area contributed by atoms with Crippen LogP contribution in [-0.2, 0) is 0 Å². The van der Waals surface area contributed by atoms with Crippen LogP contribution >= 0.6 is 0 Å². The van der Waals surface area contributed by atoms with Gasteiger partial charge in [0.15, 0.2) is 0 Å². The second-order valence-electron chi connectivity index (χ2n) is 2.43. The molecule has 2 N–H and O–H groups in total. The zero-order valence-electron chi connectivity index (χ0n) is 6.17. The third-order valence-electron chi connectivity index (χ3n) is 0.990. The van der Waals surface area contributed by atoms with Gasteiger partial charge in [-0.05, 0) is 11.1 Å². The van der Waals surface area contributed by atoms with Crippen molar-refractivity contribution in [3.63, 3.8) is 0 Å². The number of hydrogen-bond donors (Lipinski definition) is 1. The number of nitrogens with two attached hydrogens (primary N) is 1. The standard InChI is InChI=1S/C3H9N7Si/c1-11(6,2-7-9-4)3-8-10-5/h2-3,6H2,1H3. The van der Waals surface area contributed by atoms with Gasteiger partial charge in [-0.3, -0.25) is 0 Å². The fraction of sp³-hybridized carbons (Fsp3) is 1.00. The van der Waals surface area contributed by atoms with Crippen molar-refractivity contribution < 1.29 is 0 Å². The Morgan fingerprint density at radius 2 is 1.64 bits per heavy atom.